The second kappa shape index (κ2) is 3.72. The quantitative estimate of drug-likeness (QED) is 0.625. The monoisotopic (exact) mass is 226 g/mol. The third-order valence-electron chi connectivity index (χ3n) is 2.36. The van der Waals surface area contributed by atoms with Crippen LogP contribution in [0.4, 0.5) is 0 Å². The molecule has 15 heavy (non-hydrogen) atoms. The van der Waals surface area contributed by atoms with E-state index in [0.717, 1.165) is 11.1 Å². The Morgan fingerprint density at radius 2 is 2.27 bits per heavy atom. The number of oxazole rings is 1. The molecule has 1 unspecified atom stereocenters. The van der Waals surface area contributed by atoms with E-state index in [9.17, 15) is 4.79 Å². The zero-order valence-electron chi connectivity index (χ0n) is 8.45. The minimum absolute atomic E-state index is 0.278. The second-order valence-corrected chi connectivity index (χ2v) is 3.74. The Balaban J connectivity index is 2.62. The van der Waals surface area contributed by atoms with E-state index >= 15 is 0 Å². The molecule has 0 spiro atoms. The van der Waals surface area contributed by atoms with Crippen LogP contribution in [0.2, 0.25) is 0 Å². The molecular weight excluding hydrogens is 216 g/mol. The first kappa shape index (κ1) is 10.3. The number of nitrogens with one attached hydrogen (secondary N) is 1. The Morgan fingerprint density at radius 1 is 1.53 bits per heavy atom. The fourth-order valence-corrected chi connectivity index (χ4v) is 1.61. The highest BCUT2D eigenvalue weighted by atomic mass is 35.5. The van der Waals surface area contributed by atoms with Crippen molar-refractivity contribution < 1.29 is 4.42 Å². The van der Waals surface area contributed by atoms with E-state index in [-0.39, 0.29) is 11.3 Å². The van der Waals surface area contributed by atoms with Gasteiger partial charge in [-0.15, -0.1) is 11.6 Å². The first-order valence-electron chi connectivity index (χ1n) is 4.54. The maximum Gasteiger partial charge on any atom is 0.419 e. The number of benzene rings is 1. The summed E-state index contributed by atoms with van der Waals surface area (Å²) in [4.78, 5) is 11.2. The van der Waals surface area contributed by atoms with Gasteiger partial charge in [0.25, 0.3) is 0 Å². The third kappa shape index (κ3) is 1.66. The predicted octanol–water partition coefficient (Wildman–Crippen LogP) is 1.59. The highest BCUT2D eigenvalue weighted by molar-refractivity contribution is 6.20. The Kier molecular flexibility index (Phi) is 2.54. The molecule has 4 nitrogen and oxygen atoms in total. The lowest BCUT2D eigenvalue weighted by molar-refractivity contribution is 0.527. The highest BCUT2D eigenvalue weighted by Gasteiger charge is 2.09. The summed E-state index contributed by atoms with van der Waals surface area (Å²) < 4.78 is 6.52. The minimum Gasteiger partial charge on any atom is -0.408 e. The molecule has 0 aliphatic carbocycles. The lowest BCUT2D eigenvalue weighted by Gasteiger charge is -2.07. The average molecular weight is 227 g/mol. The van der Waals surface area contributed by atoms with Crippen LogP contribution in [0.3, 0.4) is 0 Å². The molecule has 0 fully saturated rings. The smallest absolute Gasteiger partial charge is 0.408 e. The number of fused-ring (bicyclic) bond motifs is 1. The number of nitrogens with zero attached hydrogens (tertiary/aromatic N) is 1. The van der Waals surface area contributed by atoms with Gasteiger partial charge in [-0.25, -0.2) is 4.79 Å². The first-order chi connectivity index (χ1) is 7.13. The number of rotatable bonds is 2. The standard InChI is InChI=1S/C10H11ClN2O2/c1-12-9(11)6-3-4-7-8(5-6)15-10(14)13(7)2/h3-5,9,12H,1-2H3. The fraction of sp³-hybridized carbons (Fsp3) is 0.300. The molecule has 1 aromatic carbocycles. The molecule has 0 bridgehead atoms. The Labute approximate surface area is 91.4 Å². The van der Waals surface area contributed by atoms with Gasteiger partial charge in [-0.2, -0.15) is 0 Å². The number of aryl methyl sites for hydroxylation is 1. The summed E-state index contributed by atoms with van der Waals surface area (Å²) in [5.41, 5.74) is 1.92. The van der Waals surface area contributed by atoms with E-state index < -0.39 is 0 Å². The highest BCUT2D eigenvalue weighted by Crippen LogP contribution is 2.21. The molecule has 0 radical (unpaired) electrons. The van der Waals surface area contributed by atoms with Crippen LogP contribution in [0.1, 0.15) is 11.1 Å². The molecular formula is C10H11ClN2O2. The van der Waals surface area contributed by atoms with Crippen molar-refractivity contribution in [2.75, 3.05) is 7.05 Å². The Hall–Kier alpha value is -1.26. The summed E-state index contributed by atoms with van der Waals surface area (Å²) in [6, 6.07) is 5.46. The van der Waals surface area contributed by atoms with Crippen molar-refractivity contribution in [3.05, 3.63) is 34.3 Å². The molecule has 0 aliphatic heterocycles. The van der Waals surface area contributed by atoms with Gasteiger partial charge in [0.15, 0.2) is 5.58 Å². The van der Waals surface area contributed by atoms with Crippen LogP contribution in [-0.2, 0) is 7.05 Å². The first-order valence-corrected chi connectivity index (χ1v) is 4.98. The maximum absolute atomic E-state index is 11.2. The van der Waals surface area contributed by atoms with Crippen LogP contribution in [0.15, 0.2) is 27.4 Å². The average Bonchev–Trinajstić information content (AvgIpc) is 2.53. The van der Waals surface area contributed by atoms with Gasteiger partial charge in [0, 0.05) is 7.05 Å². The van der Waals surface area contributed by atoms with Crippen molar-refractivity contribution >= 4 is 22.7 Å². The van der Waals surface area contributed by atoms with Crippen molar-refractivity contribution in [2.45, 2.75) is 5.50 Å². The normalized spacial score (nSPS) is 13.3. The zero-order chi connectivity index (χ0) is 11.0. The molecule has 0 aliphatic rings. The molecule has 0 amide bonds. The third-order valence-corrected chi connectivity index (χ3v) is 2.83. The van der Waals surface area contributed by atoms with E-state index in [1.165, 1.54) is 4.57 Å². The summed E-state index contributed by atoms with van der Waals surface area (Å²) in [7, 11) is 3.44. The molecule has 1 aromatic heterocycles. The summed E-state index contributed by atoms with van der Waals surface area (Å²) in [6.45, 7) is 0. The van der Waals surface area contributed by atoms with Gasteiger partial charge in [-0.05, 0) is 24.7 Å². The number of halogens is 1. The van der Waals surface area contributed by atoms with E-state index in [2.05, 4.69) is 5.32 Å². The Bertz CT molecular complexity index is 544. The summed E-state index contributed by atoms with van der Waals surface area (Å²) in [5, 5.41) is 2.91. The molecule has 1 heterocycles. The number of aromatic nitrogens is 1. The van der Waals surface area contributed by atoms with Crippen LogP contribution in [0.25, 0.3) is 11.1 Å². The van der Waals surface area contributed by atoms with Gasteiger partial charge < -0.3 is 9.73 Å². The van der Waals surface area contributed by atoms with E-state index in [0.29, 0.717) is 5.58 Å². The van der Waals surface area contributed by atoms with Gasteiger partial charge in [-0.3, -0.25) is 4.57 Å². The molecule has 2 aromatic rings. The van der Waals surface area contributed by atoms with Crippen molar-refractivity contribution in [1.82, 2.24) is 9.88 Å². The summed E-state index contributed by atoms with van der Waals surface area (Å²) in [5.74, 6) is -0.363. The molecule has 1 atom stereocenters. The van der Waals surface area contributed by atoms with Crippen LogP contribution < -0.4 is 11.1 Å². The largest absolute Gasteiger partial charge is 0.419 e. The molecule has 1 N–H and O–H groups in total. The van der Waals surface area contributed by atoms with E-state index in [1.54, 1.807) is 20.2 Å². The fourth-order valence-electron chi connectivity index (χ4n) is 1.47. The molecule has 2 rings (SSSR count). The number of hydrogen-bond acceptors (Lipinski definition) is 3. The molecule has 5 heteroatoms. The molecule has 80 valence electrons. The maximum atomic E-state index is 11.2. The van der Waals surface area contributed by atoms with Gasteiger partial charge in [0.2, 0.25) is 0 Å². The van der Waals surface area contributed by atoms with Crippen molar-refractivity contribution in [3.8, 4) is 0 Å². The van der Waals surface area contributed by atoms with Gasteiger partial charge >= 0.3 is 5.76 Å². The minimum atomic E-state index is -0.363. The topological polar surface area (TPSA) is 47.2 Å². The summed E-state index contributed by atoms with van der Waals surface area (Å²) in [6.07, 6.45) is 0. The molecule has 0 saturated heterocycles. The van der Waals surface area contributed by atoms with Crippen molar-refractivity contribution in [1.29, 1.82) is 0 Å². The zero-order valence-corrected chi connectivity index (χ0v) is 9.21. The van der Waals surface area contributed by atoms with Crippen molar-refractivity contribution in [2.24, 2.45) is 7.05 Å². The van der Waals surface area contributed by atoms with Gasteiger partial charge in [0.05, 0.1) is 5.52 Å². The second-order valence-electron chi connectivity index (χ2n) is 3.31. The van der Waals surface area contributed by atoms with Gasteiger partial charge in [0.1, 0.15) is 5.50 Å². The Morgan fingerprint density at radius 3 is 2.93 bits per heavy atom. The van der Waals surface area contributed by atoms with E-state index in [4.69, 9.17) is 16.0 Å². The van der Waals surface area contributed by atoms with Gasteiger partial charge in [-0.1, -0.05) is 6.07 Å². The molecule has 0 saturated carbocycles. The van der Waals surface area contributed by atoms with Crippen LogP contribution in [-0.4, -0.2) is 11.6 Å². The SMILES string of the molecule is CNC(Cl)c1ccc2c(c1)oc(=O)n2C. The lowest BCUT2D eigenvalue weighted by atomic mass is 10.2. The predicted molar refractivity (Wildman–Crippen MR) is 59.1 cm³/mol. The van der Waals surface area contributed by atoms with Crippen LogP contribution in [0.5, 0.6) is 0 Å². The number of alkyl halides is 1. The van der Waals surface area contributed by atoms with E-state index in [1.807, 2.05) is 12.1 Å². The van der Waals surface area contributed by atoms with Crippen molar-refractivity contribution in [3.63, 3.8) is 0 Å². The number of hydrogen-bond donors (Lipinski definition) is 1. The lowest BCUT2D eigenvalue weighted by Crippen LogP contribution is -2.09. The van der Waals surface area contributed by atoms with Crippen LogP contribution >= 0.6 is 11.6 Å². The van der Waals surface area contributed by atoms with Crippen LogP contribution in [0, 0.1) is 0 Å². The summed E-state index contributed by atoms with van der Waals surface area (Å²) >= 11 is 6.00.